The summed E-state index contributed by atoms with van der Waals surface area (Å²) in [6, 6.07) is 1.39. The molecule has 0 atom stereocenters. The predicted molar refractivity (Wildman–Crippen MR) is 46.7 cm³/mol. The van der Waals surface area contributed by atoms with E-state index in [1.165, 1.54) is 44.6 Å². The molecule has 0 N–H and O–H groups in total. The van der Waals surface area contributed by atoms with E-state index >= 15 is 0 Å². The molecule has 0 bridgehead atoms. The second kappa shape index (κ2) is 8.22. The fourth-order valence-corrected chi connectivity index (χ4v) is 1.31. The highest BCUT2D eigenvalue weighted by molar-refractivity contribution is 6.08. The molecule has 1 heteroatoms. The second-order valence-corrected chi connectivity index (χ2v) is 3.33. The van der Waals surface area contributed by atoms with E-state index in [1.807, 2.05) is 0 Å². The van der Waals surface area contributed by atoms with Gasteiger partial charge in [-0.2, -0.15) is 0 Å². The van der Waals surface area contributed by atoms with E-state index in [-0.39, 0.29) is 0 Å². The lowest BCUT2D eigenvalue weighted by Crippen LogP contribution is -1.77. The summed E-state index contributed by atoms with van der Waals surface area (Å²) >= 11 is 0. The molecule has 0 unspecified atom stereocenters. The van der Waals surface area contributed by atoms with Gasteiger partial charge in [0.15, 0.2) is 0 Å². The maximum atomic E-state index is 2.27. The fraction of sp³-hybridized carbons (Fsp3) is 1.00. The topological polar surface area (TPSA) is 0 Å². The van der Waals surface area contributed by atoms with Gasteiger partial charge in [0.2, 0.25) is 0 Å². The summed E-state index contributed by atoms with van der Waals surface area (Å²) in [4.78, 5) is 0. The van der Waals surface area contributed by atoms with Gasteiger partial charge in [-0.05, 0) is 0 Å². The van der Waals surface area contributed by atoms with E-state index in [9.17, 15) is 0 Å². The van der Waals surface area contributed by atoms with Crippen molar-refractivity contribution in [2.45, 2.75) is 51.5 Å². The molecule has 0 aromatic rings. The van der Waals surface area contributed by atoms with Crippen LogP contribution in [0.3, 0.4) is 0 Å². The summed E-state index contributed by atoms with van der Waals surface area (Å²) in [5, 5.41) is 0. The first-order valence-electron chi connectivity index (χ1n) is 4.21. The molecule has 0 spiro atoms. The predicted octanol–water partition coefficient (Wildman–Crippen LogP) is 2.40. The first-order valence-corrected chi connectivity index (χ1v) is 5.21. The van der Waals surface area contributed by atoms with Crippen molar-refractivity contribution in [1.82, 2.24) is 0 Å². The van der Waals surface area contributed by atoms with Gasteiger partial charge in [0.05, 0.1) is 0 Å². The van der Waals surface area contributed by atoms with Crippen LogP contribution in [-0.2, 0) is 0 Å². The molecule has 0 saturated carbocycles. The number of unbranched alkanes of at least 4 members (excludes halogenated alkanes) is 5. The smallest absolute Gasteiger partial charge is 0.00797 e. The average Bonchev–Trinajstić information content (AvgIpc) is 1.89. The Balaban J connectivity index is 2.60. The lowest BCUT2D eigenvalue weighted by Gasteiger charge is -1.96. The highest BCUT2D eigenvalue weighted by Gasteiger charge is 1.85. The molecule has 0 aliphatic rings. The second-order valence-electron chi connectivity index (χ2n) is 2.62. The van der Waals surface area contributed by atoms with Crippen LogP contribution in [0.1, 0.15) is 45.4 Å². The van der Waals surface area contributed by atoms with Gasteiger partial charge in [0, 0.05) is 10.2 Å². The van der Waals surface area contributed by atoms with Crippen molar-refractivity contribution >= 4 is 10.2 Å². The molecule has 0 rings (SSSR count). The molecule has 0 amide bonds. The summed E-state index contributed by atoms with van der Waals surface area (Å²) in [5.74, 6) is 0. The summed E-state index contributed by atoms with van der Waals surface area (Å²) in [7, 11) is 2.09. The van der Waals surface area contributed by atoms with E-state index in [2.05, 4.69) is 17.2 Å². The Morgan fingerprint density at radius 2 is 1.44 bits per heavy atom. The molecular weight excluding hydrogens is 124 g/mol. The molecule has 0 nitrogen and oxygen atoms in total. The summed E-state index contributed by atoms with van der Waals surface area (Å²) < 4.78 is 0. The van der Waals surface area contributed by atoms with Crippen LogP contribution in [0.5, 0.6) is 0 Å². The molecule has 9 heavy (non-hydrogen) atoms. The quantitative estimate of drug-likeness (QED) is 0.396. The zero-order valence-electron chi connectivity index (χ0n) is 6.66. The van der Waals surface area contributed by atoms with Crippen LogP contribution in [0, 0.1) is 0 Å². The Bertz CT molecular complexity index is 37.8. The van der Waals surface area contributed by atoms with Gasteiger partial charge in [-0.15, -0.1) is 0 Å². The summed E-state index contributed by atoms with van der Waals surface area (Å²) in [6.45, 7) is 2.27. The summed E-state index contributed by atoms with van der Waals surface area (Å²) in [5.41, 5.74) is 0. The minimum atomic E-state index is 1.37. The molecule has 0 saturated heterocycles. The number of hydrogen-bond donors (Lipinski definition) is 0. The number of rotatable bonds is 6. The number of hydrogen-bond acceptors (Lipinski definition) is 0. The molecule has 0 aliphatic carbocycles. The zero-order valence-corrected chi connectivity index (χ0v) is 8.07. The standard InChI is InChI=1S/C8H19Si/c1-2-3-4-5-6-7-8-9/h2-9H2,1H3. The Labute approximate surface area is 62.5 Å². The van der Waals surface area contributed by atoms with Gasteiger partial charge < -0.3 is 0 Å². The lowest BCUT2D eigenvalue weighted by atomic mass is 10.1. The molecular formula is C8H19Si. The summed E-state index contributed by atoms with van der Waals surface area (Å²) in [6.07, 6.45) is 8.64. The van der Waals surface area contributed by atoms with Crippen molar-refractivity contribution in [1.29, 1.82) is 0 Å². The lowest BCUT2D eigenvalue weighted by molar-refractivity contribution is 0.624. The molecule has 1 radical (unpaired) electrons. The maximum absolute atomic E-state index is 2.27. The van der Waals surface area contributed by atoms with Crippen LogP contribution in [0.2, 0.25) is 6.04 Å². The van der Waals surface area contributed by atoms with Gasteiger partial charge in [-0.3, -0.25) is 0 Å². The third kappa shape index (κ3) is 8.22. The molecule has 0 heterocycles. The van der Waals surface area contributed by atoms with Crippen molar-refractivity contribution in [2.24, 2.45) is 0 Å². The van der Waals surface area contributed by atoms with Gasteiger partial charge >= 0.3 is 0 Å². The van der Waals surface area contributed by atoms with Crippen LogP contribution in [-0.4, -0.2) is 10.2 Å². The third-order valence-electron chi connectivity index (χ3n) is 1.60. The Hall–Kier alpha value is 0.217. The van der Waals surface area contributed by atoms with Crippen molar-refractivity contribution < 1.29 is 0 Å². The van der Waals surface area contributed by atoms with Crippen LogP contribution >= 0.6 is 0 Å². The Morgan fingerprint density at radius 1 is 0.889 bits per heavy atom. The Kier molecular flexibility index (Phi) is 8.41. The monoisotopic (exact) mass is 143 g/mol. The minimum Gasteiger partial charge on any atom is -0.0654 e. The van der Waals surface area contributed by atoms with Crippen LogP contribution < -0.4 is 0 Å². The zero-order chi connectivity index (χ0) is 6.95. The van der Waals surface area contributed by atoms with Gasteiger partial charge in [-0.25, -0.2) is 0 Å². The van der Waals surface area contributed by atoms with Gasteiger partial charge in [-0.1, -0.05) is 51.5 Å². The first kappa shape index (κ1) is 9.22. The SMILES string of the molecule is CCCCCCCC[SiH2]. The highest BCUT2D eigenvalue weighted by Crippen LogP contribution is 2.05. The minimum absolute atomic E-state index is 1.37. The van der Waals surface area contributed by atoms with E-state index in [4.69, 9.17) is 0 Å². The molecule has 0 fully saturated rings. The molecule has 0 aromatic carbocycles. The Morgan fingerprint density at radius 3 is 2.00 bits per heavy atom. The van der Waals surface area contributed by atoms with Gasteiger partial charge in [0.1, 0.15) is 0 Å². The van der Waals surface area contributed by atoms with Gasteiger partial charge in [0.25, 0.3) is 0 Å². The van der Waals surface area contributed by atoms with E-state index < -0.39 is 0 Å². The molecule has 0 aromatic heterocycles. The fourth-order valence-electron chi connectivity index (χ4n) is 0.957. The van der Waals surface area contributed by atoms with Crippen molar-refractivity contribution in [3.63, 3.8) is 0 Å². The van der Waals surface area contributed by atoms with E-state index in [1.54, 1.807) is 0 Å². The van der Waals surface area contributed by atoms with Crippen LogP contribution in [0.4, 0.5) is 0 Å². The first-order chi connectivity index (χ1) is 4.41. The molecule has 0 aliphatic heterocycles. The maximum Gasteiger partial charge on any atom is 0.00797 e. The van der Waals surface area contributed by atoms with Crippen molar-refractivity contribution in [3.05, 3.63) is 0 Å². The van der Waals surface area contributed by atoms with E-state index in [0.29, 0.717) is 0 Å². The normalized spacial score (nSPS) is 10.0. The van der Waals surface area contributed by atoms with Crippen molar-refractivity contribution in [3.8, 4) is 0 Å². The van der Waals surface area contributed by atoms with Crippen molar-refractivity contribution in [2.75, 3.05) is 0 Å². The largest absolute Gasteiger partial charge is 0.0654 e. The van der Waals surface area contributed by atoms with Crippen LogP contribution in [0.25, 0.3) is 0 Å². The molecule has 55 valence electrons. The van der Waals surface area contributed by atoms with E-state index in [0.717, 1.165) is 0 Å². The third-order valence-corrected chi connectivity index (χ3v) is 2.10. The highest BCUT2D eigenvalue weighted by atomic mass is 28.1. The van der Waals surface area contributed by atoms with Crippen LogP contribution in [0.15, 0.2) is 0 Å². The average molecular weight is 143 g/mol.